The first kappa shape index (κ1) is 21.6. The molecule has 2 aromatic heterocycles. The Morgan fingerprint density at radius 2 is 1.82 bits per heavy atom. The number of rotatable bonds is 3. The van der Waals surface area contributed by atoms with Crippen LogP contribution in [0.25, 0.3) is 11.7 Å². The van der Waals surface area contributed by atoms with Crippen LogP contribution in [0.2, 0.25) is 0 Å². The summed E-state index contributed by atoms with van der Waals surface area (Å²) in [5.41, 5.74) is 0.304. The first-order valence-electron chi connectivity index (χ1n) is 11.1. The molecule has 1 amide bonds. The fraction of sp³-hybridized carbons (Fsp3) is 0.478. The Morgan fingerprint density at radius 3 is 2.52 bits per heavy atom. The lowest BCUT2D eigenvalue weighted by Gasteiger charge is -2.38. The summed E-state index contributed by atoms with van der Waals surface area (Å²) in [4.78, 5) is 34.7. The third-order valence-corrected chi connectivity index (χ3v) is 6.33. The molecule has 0 saturated carbocycles. The monoisotopic (exact) mass is 451 g/mol. The summed E-state index contributed by atoms with van der Waals surface area (Å²) < 4.78 is 18.4. The molecule has 0 aromatic carbocycles. The largest absolute Gasteiger partial charge is 0.378 e. The lowest BCUT2D eigenvalue weighted by Crippen LogP contribution is -2.46. The van der Waals surface area contributed by atoms with E-state index in [2.05, 4.69) is 0 Å². The third kappa shape index (κ3) is 4.11. The van der Waals surface area contributed by atoms with Crippen LogP contribution in [-0.2, 0) is 19.0 Å². The predicted molar refractivity (Wildman–Crippen MR) is 119 cm³/mol. The Hall–Kier alpha value is -3.26. The molecule has 0 unspecified atom stereocenters. The van der Waals surface area contributed by atoms with Gasteiger partial charge < -0.3 is 24.0 Å². The van der Waals surface area contributed by atoms with Crippen molar-refractivity contribution in [1.82, 2.24) is 14.3 Å². The van der Waals surface area contributed by atoms with Crippen molar-refractivity contribution in [2.24, 2.45) is 0 Å². The molecule has 10 heteroatoms. The second kappa shape index (κ2) is 8.94. The number of amides is 1. The summed E-state index contributed by atoms with van der Waals surface area (Å²) in [6.07, 6.45) is 4.30. The van der Waals surface area contributed by atoms with Crippen LogP contribution in [0.4, 0.5) is 5.82 Å². The molecule has 0 atom stereocenters. The van der Waals surface area contributed by atoms with Crippen LogP contribution < -0.4 is 10.5 Å². The SMILES string of the molecule is N#C/C(=C/c1c(N2CCC3(CC2)OCCO3)nc2ccccn2c1=O)C(=O)N1CCOCC1. The number of hydrogen-bond donors (Lipinski definition) is 0. The van der Waals surface area contributed by atoms with Crippen LogP contribution in [0.3, 0.4) is 0 Å². The van der Waals surface area contributed by atoms with Crippen molar-refractivity contribution in [1.29, 1.82) is 5.26 Å². The number of carbonyl (C=O) groups excluding carboxylic acids is 1. The van der Waals surface area contributed by atoms with Crippen LogP contribution in [0.1, 0.15) is 18.4 Å². The van der Waals surface area contributed by atoms with Gasteiger partial charge in [-0.1, -0.05) is 6.07 Å². The molecule has 5 heterocycles. The van der Waals surface area contributed by atoms with E-state index in [-0.39, 0.29) is 16.7 Å². The topological polar surface area (TPSA) is 109 Å². The van der Waals surface area contributed by atoms with Crippen molar-refractivity contribution >= 4 is 23.4 Å². The highest BCUT2D eigenvalue weighted by molar-refractivity contribution is 6.02. The van der Waals surface area contributed by atoms with E-state index in [0.717, 1.165) is 0 Å². The second-order valence-electron chi connectivity index (χ2n) is 8.25. The van der Waals surface area contributed by atoms with Gasteiger partial charge in [0, 0.05) is 45.2 Å². The molecule has 2 aromatic rings. The number of aromatic nitrogens is 2. The summed E-state index contributed by atoms with van der Waals surface area (Å²) in [7, 11) is 0. The molecule has 3 fully saturated rings. The summed E-state index contributed by atoms with van der Waals surface area (Å²) >= 11 is 0. The molecule has 0 radical (unpaired) electrons. The quantitative estimate of drug-likeness (QED) is 0.498. The number of anilines is 1. The number of morpholine rings is 1. The van der Waals surface area contributed by atoms with Crippen molar-refractivity contribution in [2.75, 3.05) is 57.5 Å². The first-order chi connectivity index (χ1) is 16.1. The fourth-order valence-corrected chi connectivity index (χ4v) is 4.53. The van der Waals surface area contributed by atoms with E-state index in [4.69, 9.17) is 19.2 Å². The maximum Gasteiger partial charge on any atom is 0.267 e. The van der Waals surface area contributed by atoms with Gasteiger partial charge in [0.05, 0.1) is 32.0 Å². The van der Waals surface area contributed by atoms with E-state index < -0.39 is 11.7 Å². The van der Waals surface area contributed by atoms with Crippen molar-refractivity contribution in [2.45, 2.75) is 18.6 Å². The second-order valence-corrected chi connectivity index (χ2v) is 8.25. The molecule has 3 aliphatic rings. The van der Waals surface area contributed by atoms with Gasteiger partial charge in [0.15, 0.2) is 5.79 Å². The van der Waals surface area contributed by atoms with Crippen molar-refractivity contribution < 1.29 is 19.0 Å². The number of hydrogen-bond acceptors (Lipinski definition) is 8. The number of ether oxygens (including phenoxy) is 3. The zero-order chi connectivity index (χ0) is 22.8. The van der Waals surface area contributed by atoms with E-state index in [9.17, 15) is 14.9 Å². The van der Waals surface area contributed by atoms with E-state index >= 15 is 0 Å². The van der Waals surface area contributed by atoms with Gasteiger partial charge in [-0.2, -0.15) is 5.26 Å². The molecule has 0 N–H and O–H groups in total. The molecule has 3 aliphatic heterocycles. The number of pyridine rings is 1. The average molecular weight is 451 g/mol. The van der Waals surface area contributed by atoms with Gasteiger partial charge in [0.25, 0.3) is 11.5 Å². The van der Waals surface area contributed by atoms with Gasteiger partial charge in [0.2, 0.25) is 0 Å². The predicted octanol–water partition coefficient (Wildman–Crippen LogP) is 0.804. The molecular weight excluding hydrogens is 426 g/mol. The van der Waals surface area contributed by atoms with E-state index in [1.807, 2.05) is 17.0 Å². The van der Waals surface area contributed by atoms with Gasteiger partial charge in [-0.3, -0.25) is 14.0 Å². The van der Waals surface area contributed by atoms with Gasteiger partial charge >= 0.3 is 0 Å². The Balaban J connectivity index is 1.54. The number of carbonyl (C=O) groups is 1. The summed E-state index contributed by atoms with van der Waals surface area (Å²) in [5, 5.41) is 9.76. The highest BCUT2D eigenvalue weighted by atomic mass is 16.7. The van der Waals surface area contributed by atoms with Crippen LogP contribution in [0.5, 0.6) is 0 Å². The van der Waals surface area contributed by atoms with Crippen molar-refractivity contribution in [3.05, 3.63) is 45.9 Å². The number of nitriles is 1. The molecule has 10 nitrogen and oxygen atoms in total. The highest BCUT2D eigenvalue weighted by Crippen LogP contribution is 2.33. The fourth-order valence-electron chi connectivity index (χ4n) is 4.53. The average Bonchev–Trinajstić information content (AvgIpc) is 3.32. The smallest absolute Gasteiger partial charge is 0.267 e. The maximum atomic E-state index is 13.4. The first-order valence-corrected chi connectivity index (χ1v) is 11.1. The number of fused-ring (bicyclic) bond motifs is 1. The molecule has 172 valence electrons. The summed E-state index contributed by atoms with van der Waals surface area (Å²) in [6, 6.07) is 7.31. The van der Waals surface area contributed by atoms with Crippen LogP contribution >= 0.6 is 0 Å². The third-order valence-electron chi connectivity index (χ3n) is 6.33. The molecule has 5 rings (SSSR count). The molecule has 33 heavy (non-hydrogen) atoms. The molecule has 0 bridgehead atoms. The Kier molecular flexibility index (Phi) is 5.85. The van der Waals surface area contributed by atoms with E-state index in [0.29, 0.717) is 76.9 Å². The maximum absolute atomic E-state index is 13.4. The summed E-state index contributed by atoms with van der Waals surface area (Å²) in [6.45, 7) is 4.00. The Bertz CT molecular complexity index is 1180. The summed E-state index contributed by atoms with van der Waals surface area (Å²) in [5.74, 6) is -0.515. The standard InChI is InChI=1S/C23H25N5O5/c24-16-17(21(29)27-9-11-31-12-10-27)15-18-20(25-19-3-1-2-6-28(19)22(18)30)26-7-4-23(5-8-26)32-13-14-33-23/h1-3,6,15H,4-5,7-14H2/b17-15-. The normalized spacial score (nSPS) is 20.9. The highest BCUT2D eigenvalue weighted by Gasteiger charge is 2.40. The molecule has 0 aliphatic carbocycles. The lowest BCUT2D eigenvalue weighted by molar-refractivity contribution is -0.169. The van der Waals surface area contributed by atoms with Crippen molar-refractivity contribution in [3.63, 3.8) is 0 Å². The number of nitrogens with zero attached hydrogens (tertiary/aromatic N) is 5. The van der Waals surface area contributed by atoms with Crippen LogP contribution in [0.15, 0.2) is 34.8 Å². The minimum atomic E-state index is -0.567. The minimum Gasteiger partial charge on any atom is -0.378 e. The number of piperidine rings is 1. The van der Waals surface area contributed by atoms with Crippen LogP contribution in [-0.4, -0.2) is 78.6 Å². The lowest BCUT2D eigenvalue weighted by atomic mass is 10.0. The van der Waals surface area contributed by atoms with E-state index in [1.165, 1.54) is 10.5 Å². The molecule has 1 spiro atoms. The molecular formula is C23H25N5O5. The Morgan fingerprint density at radius 1 is 1.09 bits per heavy atom. The van der Waals surface area contributed by atoms with Gasteiger partial charge in [-0.25, -0.2) is 4.98 Å². The van der Waals surface area contributed by atoms with Gasteiger partial charge in [-0.15, -0.1) is 0 Å². The zero-order valence-corrected chi connectivity index (χ0v) is 18.2. The van der Waals surface area contributed by atoms with Crippen molar-refractivity contribution in [3.8, 4) is 6.07 Å². The van der Waals surface area contributed by atoms with E-state index in [1.54, 1.807) is 23.2 Å². The van der Waals surface area contributed by atoms with Gasteiger partial charge in [-0.05, 0) is 18.2 Å². The van der Waals surface area contributed by atoms with Crippen LogP contribution in [0, 0.1) is 11.3 Å². The molecule has 3 saturated heterocycles. The Labute approximate surface area is 190 Å². The zero-order valence-electron chi connectivity index (χ0n) is 18.2. The minimum absolute atomic E-state index is 0.0936. The van der Waals surface area contributed by atoms with Gasteiger partial charge in [0.1, 0.15) is 23.1 Å².